The Morgan fingerprint density at radius 1 is 1.22 bits per heavy atom. The Labute approximate surface area is 139 Å². The average Bonchev–Trinajstić information content (AvgIpc) is 2.55. The fourth-order valence-electron chi connectivity index (χ4n) is 2.39. The fourth-order valence-corrected chi connectivity index (χ4v) is 2.68. The van der Waals surface area contributed by atoms with E-state index in [0.29, 0.717) is 29.4 Å². The van der Waals surface area contributed by atoms with E-state index in [0.717, 1.165) is 24.1 Å². The molecule has 0 aliphatic rings. The summed E-state index contributed by atoms with van der Waals surface area (Å²) in [6, 6.07) is 7.00. The Hall–Kier alpha value is -2.12. The molecule has 0 fully saturated rings. The molecule has 23 heavy (non-hydrogen) atoms. The Morgan fingerprint density at radius 2 is 2.00 bits per heavy atom. The molecule has 1 heterocycles. The molecule has 7 heteroatoms. The SMILES string of the molecule is COc1ccc(-c2cc(=O)[nH]c(=S)n2CCCCN)c(OC)c1. The number of hydrogen-bond acceptors (Lipinski definition) is 5. The summed E-state index contributed by atoms with van der Waals surface area (Å²) in [5.74, 6) is 1.31. The maximum atomic E-state index is 11.9. The van der Waals surface area contributed by atoms with Crippen LogP contribution >= 0.6 is 12.2 Å². The average molecular weight is 335 g/mol. The van der Waals surface area contributed by atoms with Crippen molar-refractivity contribution in [2.24, 2.45) is 5.73 Å². The van der Waals surface area contributed by atoms with E-state index in [1.165, 1.54) is 6.07 Å². The van der Waals surface area contributed by atoms with Crippen LogP contribution in [0.5, 0.6) is 11.5 Å². The smallest absolute Gasteiger partial charge is 0.252 e. The Kier molecular flexibility index (Phi) is 5.95. The van der Waals surface area contributed by atoms with Gasteiger partial charge in [0.15, 0.2) is 4.77 Å². The third kappa shape index (κ3) is 4.00. The summed E-state index contributed by atoms with van der Waals surface area (Å²) in [4.78, 5) is 14.5. The van der Waals surface area contributed by atoms with E-state index in [9.17, 15) is 4.79 Å². The second-order valence-electron chi connectivity index (χ2n) is 5.04. The highest BCUT2D eigenvalue weighted by Crippen LogP contribution is 2.32. The van der Waals surface area contributed by atoms with E-state index in [-0.39, 0.29) is 5.56 Å². The molecule has 3 N–H and O–H groups in total. The van der Waals surface area contributed by atoms with Crippen molar-refractivity contribution in [2.75, 3.05) is 20.8 Å². The first-order chi connectivity index (χ1) is 11.1. The molecule has 0 bridgehead atoms. The van der Waals surface area contributed by atoms with Gasteiger partial charge in [0.2, 0.25) is 0 Å². The highest BCUT2D eigenvalue weighted by atomic mass is 32.1. The Balaban J connectivity index is 2.57. The van der Waals surface area contributed by atoms with Gasteiger partial charge < -0.3 is 19.8 Å². The summed E-state index contributed by atoms with van der Waals surface area (Å²) in [5, 5.41) is 0. The second kappa shape index (κ2) is 7.94. The van der Waals surface area contributed by atoms with Crippen molar-refractivity contribution < 1.29 is 9.47 Å². The van der Waals surface area contributed by atoms with Gasteiger partial charge in [-0.1, -0.05) is 0 Å². The van der Waals surface area contributed by atoms with Crippen LogP contribution in [0.1, 0.15) is 12.8 Å². The van der Waals surface area contributed by atoms with Crippen molar-refractivity contribution in [1.29, 1.82) is 0 Å². The zero-order valence-corrected chi connectivity index (χ0v) is 14.1. The lowest BCUT2D eigenvalue weighted by atomic mass is 10.1. The van der Waals surface area contributed by atoms with Gasteiger partial charge in [-0.3, -0.25) is 9.78 Å². The van der Waals surface area contributed by atoms with Crippen LogP contribution in [-0.4, -0.2) is 30.3 Å². The van der Waals surface area contributed by atoms with Gasteiger partial charge in [0.1, 0.15) is 11.5 Å². The number of H-pyrrole nitrogens is 1. The van der Waals surface area contributed by atoms with Crippen LogP contribution in [0.25, 0.3) is 11.3 Å². The number of methoxy groups -OCH3 is 2. The zero-order chi connectivity index (χ0) is 16.8. The van der Waals surface area contributed by atoms with Crippen LogP contribution in [0.3, 0.4) is 0 Å². The molecule has 1 aromatic carbocycles. The summed E-state index contributed by atoms with van der Waals surface area (Å²) in [6.45, 7) is 1.30. The molecule has 0 aliphatic carbocycles. The molecule has 6 nitrogen and oxygen atoms in total. The number of aromatic nitrogens is 2. The van der Waals surface area contributed by atoms with Gasteiger partial charge in [-0.25, -0.2) is 0 Å². The highest BCUT2D eigenvalue weighted by molar-refractivity contribution is 7.71. The lowest BCUT2D eigenvalue weighted by molar-refractivity contribution is 0.395. The van der Waals surface area contributed by atoms with Gasteiger partial charge in [0.25, 0.3) is 5.56 Å². The van der Waals surface area contributed by atoms with Crippen LogP contribution in [-0.2, 0) is 6.54 Å². The maximum Gasteiger partial charge on any atom is 0.252 e. The van der Waals surface area contributed by atoms with Crippen molar-refractivity contribution in [3.05, 3.63) is 39.4 Å². The van der Waals surface area contributed by atoms with Gasteiger partial charge >= 0.3 is 0 Å². The van der Waals surface area contributed by atoms with E-state index in [4.69, 9.17) is 27.4 Å². The molecule has 0 radical (unpaired) electrons. The number of ether oxygens (including phenoxy) is 2. The molecule has 0 spiro atoms. The van der Waals surface area contributed by atoms with E-state index in [1.807, 2.05) is 16.7 Å². The van der Waals surface area contributed by atoms with Crippen LogP contribution in [0, 0.1) is 4.77 Å². The molecule has 0 aliphatic heterocycles. The number of nitrogens with two attached hydrogens (primary N) is 1. The summed E-state index contributed by atoms with van der Waals surface area (Å²) in [7, 11) is 3.18. The molecule has 2 aromatic rings. The first-order valence-corrected chi connectivity index (χ1v) is 7.78. The molecule has 1 aromatic heterocycles. The Bertz CT molecular complexity index is 783. The molecule has 0 atom stereocenters. The number of benzene rings is 1. The fraction of sp³-hybridized carbons (Fsp3) is 0.375. The van der Waals surface area contributed by atoms with Gasteiger partial charge in [-0.2, -0.15) is 0 Å². The standard InChI is InChI=1S/C16H21N3O3S/c1-21-11-5-6-12(14(9-11)22-2)13-10-15(20)18-16(23)19(13)8-4-3-7-17/h5-6,9-10H,3-4,7-8,17H2,1-2H3,(H,18,20,23). The molecule has 0 unspecified atom stereocenters. The van der Waals surface area contributed by atoms with Gasteiger partial charge in [-0.15, -0.1) is 0 Å². The van der Waals surface area contributed by atoms with Crippen molar-refractivity contribution in [3.8, 4) is 22.8 Å². The zero-order valence-electron chi connectivity index (χ0n) is 13.3. The van der Waals surface area contributed by atoms with Crippen LogP contribution in [0.4, 0.5) is 0 Å². The topological polar surface area (TPSA) is 82.3 Å². The minimum atomic E-state index is -0.238. The number of nitrogens with zero attached hydrogens (tertiary/aromatic N) is 1. The maximum absolute atomic E-state index is 11.9. The molecule has 2 rings (SSSR count). The van der Waals surface area contributed by atoms with Crippen LogP contribution in [0.15, 0.2) is 29.1 Å². The number of rotatable bonds is 7. The quantitative estimate of drug-likeness (QED) is 0.599. The molecule has 0 amide bonds. The predicted molar refractivity (Wildman–Crippen MR) is 92.7 cm³/mol. The molecular weight excluding hydrogens is 314 g/mol. The van der Waals surface area contributed by atoms with E-state index in [2.05, 4.69) is 4.98 Å². The first-order valence-electron chi connectivity index (χ1n) is 7.37. The highest BCUT2D eigenvalue weighted by Gasteiger charge is 2.13. The molecule has 0 saturated heterocycles. The number of nitrogens with one attached hydrogen (secondary N) is 1. The Morgan fingerprint density at radius 3 is 2.65 bits per heavy atom. The minimum absolute atomic E-state index is 0.238. The summed E-state index contributed by atoms with van der Waals surface area (Å²) in [6.07, 6.45) is 1.77. The van der Waals surface area contributed by atoms with Crippen molar-refractivity contribution in [1.82, 2.24) is 9.55 Å². The third-order valence-electron chi connectivity index (χ3n) is 3.55. The van der Waals surface area contributed by atoms with Crippen molar-refractivity contribution in [2.45, 2.75) is 19.4 Å². The molecule has 124 valence electrons. The second-order valence-corrected chi connectivity index (χ2v) is 5.42. The van der Waals surface area contributed by atoms with Gasteiger partial charge in [0.05, 0.1) is 19.9 Å². The van der Waals surface area contributed by atoms with E-state index < -0.39 is 0 Å². The van der Waals surface area contributed by atoms with Crippen molar-refractivity contribution in [3.63, 3.8) is 0 Å². The third-order valence-corrected chi connectivity index (χ3v) is 3.88. The summed E-state index contributed by atoms with van der Waals surface area (Å²) in [5.41, 5.74) is 6.82. The van der Waals surface area contributed by atoms with Crippen LogP contribution in [0.2, 0.25) is 0 Å². The van der Waals surface area contributed by atoms with Gasteiger partial charge in [0, 0.05) is 24.2 Å². The van der Waals surface area contributed by atoms with Crippen LogP contribution < -0.4 is 20.8 Å². The summed E-state index contributed by atoms with van der Waals surface area (Å²) >= 11 is 5.32. The first kappa shape index (κ1) is 17.2. The lowest BCUT2D eigenvalue weighted by Gasteiger charge is -2.16. The number of aromatic amines is 1. The lowest BCUT2D eigenvalue weighted by Crippen LogP contribution is -2.15. The largest absolute Gasteiger partial charge is 0.497 e. The monoisotopic (exact) mass is 335 g/mol. The summed E-state index contributed by atoms with van der Waals surface area (Å²) < 4.78 is 12.9. The predicted octanol–water partition coefficient (Wildman–Crippen LogP) is 2.33. The molecular formula is C16H21N3O3S. The van der Waals surface area contributed by atoms with Crippen molar-refractivity contribution >= 4 is 12.2 Å². The molecule has 0 saturated carbocycles. The minimum Gasteiger partial charge on any atom is -0.497 e. The number of unbranched alkanes of at least 4 members (excludes halogenated alkanes) is 1. The number of hydrogen-bond donors (Lipinski definition) is 2. The van der Waals surface area contributed by atoms with E-state index in [1.54, 1.807) is 20.3 Å². The van der Waals surface area contributed by atoms with Gasteiger partial charge in [-0.05, 0) is 43.7 Å². The normalized spacial score (nSPS) is 10.6. The van der Waals surface area contributed by atoms with E-state index >= 15 is 0 Å².